The molecule has 0 unspecified atom stereocenters. The van der Waals surface area contributed by atoms with Gasteiger partial charge in [0.1, 0.15) is 0 Å². The van der Waals surface area contributed by atoms with Crippen LogP contribution < -0.4 is 20.6 Å². The number of aryl methyl sites for hydroxylation is 2. The fourth-order valence-electron chi connectivity index (χ4n) is 14.8. The summed E-state index contributed by atoms with van der Waals surface area (Å²) < 4.78 is 0. The van der Waals surface area contributed by atoms with Gasteiger partial charge in [0, 0.05) is 64.4 Å². The molecule has 0 saturated carbocycles. The Hall–Kier alpha value is -5.50. The van der Waals surface area contributed by atoms with E-state index in [1.165, 1.54) is 139 Å². The standard InChI is InChI=1S/C64H60BIN2S/c1-38-32-43-42-22-19-29-58-60(42)68(51-25-15-18-28-57(51)69(58,66)55-26-16-11-20-40(55)41-21-12-17-27-56(41)69)65-50-35-48-49(64(9,10)45-24-14-13-23-44(45)63(48,7)8)37-53(50)67(54(33-38)59(43)65)52-36-47-46(34-39(52)2)61(3,4)30-31-62(47,5)6/h11-29,32-37,69H,30-31H2,1-10H3. The molecule has 2 aliphatic carbocycles. The minimum atomic E-state index is -3.37. The van der Waals surface area contributed by atoms with Gasteiger partial charge in [-0.2, -0.15) is 6.33 Å². The number of benzene rings is 8. The summed E-state index contributed by atoms with van der Waals surface area (Å²) in [5.74, 6) is 0. The number of anilines is 5. The van der Waals surface area contributed by atoms with Gasteiger partial charge in [0.05, 0.1) is 0 Å². The van der Waals surface area contributed by atoms with Gasteiger partial charge in [0.25, 0.3) is 0 Å². The minimum absolute atomic E-state index is 0.0609. The van der Waals surface area contributed by atoms with Gasteiger partial charge in [-0.15, -0.1) is 0 Å². The van der Waals surface area contributed by atoms with Crippen LogP contribution in [0.5, 0.6) is 0 Å². The van der Waals surface area contributed by atoms with Crippen LogP contribution in [0, 0.1) is 13.8 Å². The van der Waals surface area contributed by atoms with E-state index in [1.54, 1.807) is 0 Å². The maximum Gasteiger partial charge on any atom is 0.333 e. The molecule has 0 atom stereocenters. The number of hydrogen-bond acceptors (Lipinski definition) is 2. The van der Waals surface area contributed by atoms with Crippen molar-refractivity contribution in [2.75, 3.05) is 9.71 Å². The van der Waals surface area contributed by atoms with Crippen LogP contribution in [0.25, 0.3) is 22.3 Å². The maximum absolute atomic E-state index is 3.37. The van der Waals surface area contributed by atoms with E-state index in [9.17, 15) is 0 Å². The molecule has 8 aromatic rings. The molecule has 0 aromatic heterocycles. The molecule has 0 amide bonds. The van der Waals surface area contributed by atoms with Crippen molar-refractivity contribution in [3.05, 3.63) is 196 Å². The smallest absolute Gasteiger partial charge is 0.333 e. The molecule has 342 valence electrons. The molecule has 5 heteroatoms. The highest BCUT2D eigenvalue weighted by atomic mass is 127. The molecule has 0 fully saturated rings. The average molecular weight is 1030 g/mol. The molecule has 1 spiro atoms. The van der Waals surface area contributed by atoms with Gasteiger partial charge >= 0.3 is 6.85 Å². The van der Waals surface area contributed by atoms with Crippen LogP contribution >= 0.6 is 27.5 Å². The Morgan fingerprint density at radius 2 is 0.971 bits per heavy atom. The lowest BCUT2D eigenvalue weighted by Crippen LogP contribution is -2.63. The highest BCUT2D eigenvalue weighted by molar-refractivity contribution is 14.2. The summed E-state index contributed by atoms with van der Waals surface area (Å²) in [5, 5.41) is 0. The van der Waals surface area contributed by atoms with Crippen LogP contribution in [-0.2, 0) is 21.7 Å². The summed E-state index contributed by atoms with van der Waals surface area (Å²) in [5.41, 5.74) is 25.9. The Morgan fingerprint density at radius 1 is 0.449 bits per heavy atom. The molecule has 0 radical (unpaired) electrons. The fourth-order valence-corrected chi connectivity index (χ4v) is 25.3. The van der Waals surface area contributed by atoms with Crippen molar-refractivity contribution >= 4 is 73.7 Å². The highest BCUT2D eigenvalue weighted by Crippen LogP contribution is 3.02. The van der Waals surface area contributed by atoms with E-state index in [0.29, 0.717) is 0 Å². The molecule has 0 bridgehead atoms. The summed E-state index contributed by atoms with van der Waals surface area (Å²) in [6.07, 6.45) is -0.999. The van der Waals surface area contributed by atoms with Gasteiger partial charge in [-0.25, -0.2) is 0 Å². The van der Waals surface area contributed by atoms with Crippen molar-refractivity contribution in [3.8, 4) is 22.3 Å². The zero-order chi connectivity index (χ0) is 47.6. The van der Waals surface area contributed by atoms with Crippen molar-refractivity contribution in [2.24, 2.45) is 0 Å². The summed E-state index contributed by atoms with van der Waals surface area (Å²) in [6, 6.07) is 60.6. The molecule has 0 N–H and O–H groups in total. The molecule has 14 rings (SSSR count). The van der Waals surface area contributed by atoms with Crippen LogP contribution in [0.1, 0.15) is 113 Å². The Kier molecular flexibility index (Phi) is 8.15. The van der Waals surface area contributed by atoms with Crippen LogP contribution in [0.2, 0.25) is 0 Å². The van der Waals surface area contributed by atoms with E-state index in [0.717, 1.165) is 0 Å². The predicted octanol–water partition coefficient (Wildman–Crippen LogP) is 16.6. The molecule has 4 aliphatic heterocycles. The van der Waals surface area contributed by atoms with Crippen molar-refractivity contribution in [1.82, 2.24) is 0 Å². The maximum atomic E-state index is 3.06. The van der Waals surface area contributed by atoms with Crippen LogP contribution in [0.15, 0.2) is 171 Å². The minimum Gasteiger partial charge on any atom is -0.375 e. The van der Waals surface area contributed by atoms with Gasteiger partial charge in [-0.3, -0.25) is 0 Å². The zero-order valence-electron chi connectivity index (χ0n) is 41.6. The number of rotatable bonds is 1. The first kappa shape index (κ1) is 42.4. The number of para-hydroxylation sites is 2. The van der Waals surface area contributed by atoms with E-state index >= 15 is 0 Å². The lowest BCUT2D eigenvalue weighted by molar-refractivity contribution is 0.332. The van der Waals surface area contributed by atoms with Crippen LogP contribution in [-0.4, -0.2) is 6.85 Å². The molecule has 6 aliphatic rings. The second-order valence-electron chi connectivity index (χ2n) is 23.8. The number of hydrogen-bond donors (Lipinski definition) is 1. The topological polar surface area (TPSA) is 6.48 Å². The van der Waals surface area contributed by atoms with Crippen molar-refractivity contribution in [3.63, 3.8) is 0 Å². The lowest BCUT2D eigenvalue weighted by atomic mass is 9.42. The van der Waals surface area contributed by atoms with Gasteiger partial charge in [-0.05, 0) is 179 Å². The highest BCUT2D eigenvalue weighted by Gasteiger charge is 2.60. The van der Waals surface area contributed by atoms with E-state index < -0.39 is 6.33 Å². The molecule has 2 nitrogen and oxygen atoms in total. The zero-order valence-corrected chi connectivity index (χ0v) is 44.7. The molecule has 8 aromatic carbocycles. The third-order valence-corrected chi connectivity index (χ3v) is 29.8. The van der Waals surface area contributed by atoms with Crippen molar-refractivity contribution < 1.29 is 0 Å². The molecule has 0 saturated heterocycles. The molecular weight excluding hydrogens is 967 g/mol. The average Bonchev–Trinajstić information content (AvgIpc) is 3.57. The van der Waals surface area contributed by atoms with Gasteiger partial charge in [0.2, 0.25) is 0 Å². The predicted molar refractivity (Wildman–Crippen MR) is 304 cm³/mol. The van der Waals surface area contributed by atoms with E-state index in [4.69, 9.17) is 0 Å². The SMILES string of the molecule is Cc1cc2c3c(c1)N(c1cc4c(cc1C)C(C)(C)CCC4(C)C)c1cc4c(cc1B3N1c3ccccc3[SH]3(I)(c5ccccc5-c5ccccc53)c3cccc-2c31)C(C)(C)c1ccccc1C4(C)C. The van der Waals surface area contributed by atoms with Crippen molar-refractivity contribution in [1.29, 1.82) is 0 Å². The number of nitrogens with zero attached hydrogens (tertiary/aromatic N) is 2. The van der Waals surface area contributed by atoms with Crippen LogP contribution in [0.4, 0.5) is 28.4 Å². The summed E-state index contributed by atoms with van der Waals surface area (Å²) in [4.78, 5) is 11.4. The van der Waals surface area contributed by atoms with Crippen molar-refractivity contribution in [2.45, 2.75) is 123 Å². The summed E-state index contributed by atoms with van der Waals surface area (Å²) >= 11 is 3.06. The summed E-state index contributed by atoms with van der Waals surface area (Å²) in [6.45, 7) is 24.4. The number of fused-ring (bicyclic) bond motifs is 16. The molecule has 69 heavy (non-hydrogen) atoms. The largest absolute Gasteiger partial charge is 0.375 e. The second kappa shape index (κ2) is 13.3. The molecular formula is C64H60BIN2S. The third kappa shape index (κ3) is 4.93. The quantitative estimate of drug-likeness (QED) is 0.0994. The monoisotopic (exact) mass is 1030 g/mol. The second-order valence-corrected chi connectivity index (χ2v) is 33.5. The van der Waals surface area contributed by atoms with Gasteiger partial charge in [0.15, 0.2) is 0 Å². The van der Waals surface area contributed by atoms with Gasteiger partial charge < -0.3 is 9.71 Å². The number of thiol groups is 1. The van der Waals surface area contributed by atoms with E-state index in [1.807, 2.05) is 0 Å². The fraction of sp³-hybridized carbons (Fsp3) is 0.250. The van der Waals surface area contributed by atoms with Crippen LogP contribution in [0.3, 0.4) is 0 Å². The first-order valence-corrected chi connectivity index (χ1v) is 30.3. The number of halogens is 1. The Morgan fingerprint density at radius 3 is 1.62 bits per heavy atom. The van der Waals surface area contributed by atoms with E-state index in [-0.39, 0.29) is 28.5 Å². The first-order valence-electron chi connectivity index (χ1n) is 25.2. The molecule has 4 heterocycles. The first-order chi connectivity index (χ1) is 32.9. The lowest BCUT2D eigenvalue weighted by Gasteiger charge is -2.63. The Labute approximate surface area is 422 Å². The Balaban J connectivity index is 1.15. The Bertz CT molecular complexity index is 3620. The third-order valence-electron chi connectivity index (χ3n) is 18.4. The normalized spacial score (nSPS) is 20.1. The van der Waals surface area contributed by atoms with Gasteiger partial charge in [-0.1, -0.05) is 159 Å². The van der Waals surface area contributed by atoms with E-state index in [2.05, 4.69) is 252 Å². The summed E-state index contributed by atoms with van der Waals surface area (Å²) in [7, 11) is 0.